The predicted molar refractivity (Wildman–Crippen MR) is 92.7 cm³/mol. The lowest BCUT2D eigenvalue weighted by Gasteiger charge is -2.25. The number of carbonyl (C=O) groups excluding carboxylic acids is 1. The van der Waals surface area contributed by atoms with E-state index in [2.05, 4.69) is 61.9 Å². The highest BCUT2D eigenvalue weighted by atomic mass is 79.9. The molecule has 0 atom stereocenters. The third-order valence-electron chi connectivity index (χ3n) is 3.17. The topological polar surface area (TPSA) is 35.5 Å². The van der Waals surface area contributed by atoms with Crippen LogP contribution in [0.3, 0.4) is 0 Å². The molecule has 0 radical (unpaired) electrons. The number of carbonyl (C=O) groups is 1. The van der Waals surface area contributed by atoms with E-state index in [9.17, 15) is 4.79 Å². The molecule has 5 heteroatoms. The molecule has 21 heavy (non-hydrogen) atoms. The highest BCUT2D eigenvalue weighted by molar-refractivity contribution is 9.10. The van der Waals surface area contributed by atoms with Gasteiger partial charge < -0.3 is 9.16 Å². The first-order valence-corrected chi connectivity index (χ1v) is 10.8. The van der Waals surface area contributed by atoms with Crippen molar-refractivity contribution in [3.8, 4) is 5.75 Å². The zero-order valence-electron chi connectivity index (χ0n) is 13.7. The second-order valence-corrected chi connectivity index (χ2v) is 9.53. The number of methoxy groups -OCH3 is 1. The summed E-state index contributed by atoms with van der Waals surface area (Å²) in [6.45, 7) is 10.8. The van der Waals surface area contributed by atoms with Gasteiger partial charge in [-0.2, -0.15) is 0 Å². The summed E-state index contributed by atoms with van der Waals surface area (Å²) in [4.78, 5) is 11.4. The van der Waals surface area contributed by atoms with Crippen LogP contribution in [0, 0.1) is 0 Å². The van der Waals surface area contributed by atoms with Crippen LogP contribution in [0.5, 0.6) is 5.75 Å². The van der Waals surface area contributed by atoms with E-state index < -0.39 is 9.04 Å². The van der Waals surface area contributed by atoms with Gasteiger partial charge in [0.05, 0.1) is 11.6 Å². The monoisotopic (exact) mass is 372 g/mol. The Hall–Kier alpha value is -0.813. The zero-order valence-corrected chi connectivity index (χ0v) is 16.5. The molecule has 0 aromatic heterocycles. The number of aryl methyl sites for hydroxylation is 1. The van der Waals surface area contributed by atoms with Crippen molar-refractivity contribution in [1.82, 2.24) is 0 Å². The smallest absolute Gasteiger partial charge is 0.305 e. The van der Waals surface area contributed by atoms with E-state index in [1.54, 1.807) is 0 Å². The molecule has 0 saturated carbocycles. The largest absolute Gasteiger partial charge is 0.546 e. The summed E-state index contributed by atoms with van der Waals surface area (Å²) in [5.41, 5.74) is 2.31. The Bertz CT molecular complexity index is 507. The molecule has 0 saturated heterocycles. The first-order chi connectivity index (χ1) is 9.66. The molecule has 0 N–H and O–H groups in total. The molecule has 1 aromatic rings. The fraction of sp³-hybridized carbons (Fsp3) is 0.562. The molecule has 0 amide bonds. The molecule has 0 aliphatic carbocycles. The molecule has 0 bridgehead atoms. The second-order valence-electron chi connectivity index (χ2n) is 6.41. The van der Waals surface area contributed by atoms with Gasteiger partial charge in [-0.1, -0.05) is 32.9 Å². The van der Waals surface area contributed by atoms with Crippen molar-refractivity contribution in [2.75, 3.05) is 7.11 Å². The predicted octanol–water partition coefficient (Wildman–Crippen LogP) is 4.21. The van der Waals surface area contributed by atoms with Crippen LogP contribution in [-0.4, -0.2) is 22.1 Å². The highest BCUT2D eigenvalue weighted by Crippen LogP contribution is 2.39. The van der Waals surface area contributed by atoms with Gasteiger partial charge >= 0.3 is 5.97 Å². The third-order valence-corrected chi connectivity index (χ3v) is 4.66. The van der Waals surface area contributed by atoms with E-state index in [0.29, 0.717) is 12.8 Å². The number of benzene rings is 1. The van der Waals surface area contributed by atoms with Gasteiger partial charge in [0, 0.05) is 6.42 Å². The van der Waals surface area contributed by atoms with E-state index in [4.69, 9.17) is 9.16 Å². The van der Waals surface area contributed by atoms with Crippen molar-refractivity contribution in [3.05, 3.63) is 27.7 Å². The van der Waals surface area contributed by atoms with E-state index in [1.165, 1.54) is 12.7 Å². The lowest BCUT2D eigenvalue weighted by Crippen LogP contribution is -2.17. The first-order valence-electron chi connectivity index (χ1n) is 7.22. The molecule has 118 valence electrons. The van der Waals surface area contributed by atoms with Crippen LogP contribution in [0.4, 0.5) is 0 Å². The molecule has 1 aromatic carbocycles. The lowest BCUT2D eigenvalue weighted by molar-refractivity contribution is -0.140. The summed E-state index contributed by atoms with van der Waals surface area (Å²) >= 11 is 3.70. The molecule has 1 rings (SSSR count). The molecule has 0 heterocycles. The zero-order chi connectivity index (χ0) is 16.2. The van der Waals surface area contributed by atoms with Gasteiger partial charge in [0.2, 0.25) is 9.04 Å². The average molecular weight is 373 g/mol. The number of rotatable bonds is 5. The van der Waals surface area contributed by atoms with Crippen molar-refractivity contribution in [2.45, 2.75) is 52.1 Å². The lowest BCUT2D eigenvalue weighted by atomic mass is 9.86. The Kier molecular flexibility index (Phi) is 6.47. The Morgan fingerprint density at radius 1 is 1.29 bits per heavy atom. The van der Waals surface area contributed by atoms with Crippen molar-refractivity contribution in [2.24, 2.45) is 0 Å². The van der Waals surface area contributed by atoms with Gasteiger partial charge in [0.25, 0.3) is 0 Å². The summed E-state index contributed by atoms with van der Waals surface area (Å²) in [6.07, 6.45) is 1.000. The quantitative estimate of drug-likeness (QED) is 0.573. The van der Waals surface area contributed by atoms with Gasteiger partial charge in [-0.3, -0.25) is 4.79 Å². The molecule has 0 aliphatic rings. The molecule has 0 aliphatic heterocycles. The third kappa shape index (κ3) is 5.15. The fourth-order valence-electron chi connectivity index (χ4n) is 2.07. The minimum atomic E-state index is -1.23. The molecular weight excluding hydrogens is 348 g/mol. The average Bonchev–Trinajstić information content (AvgIpc) is 2.37. The van der Waals surface area contributed by atoms with Crippen LogP contribution in [-0.2, 0) is 21.4 Å². The minimum absolute atomic E-state index is 0.0381. The summed E-state index contributed by atoms with van der Waals surface area (Å²) in [5.74, 6) is 0.701. The van der Waals surface area contributed by atoms with Gasteiger partial charge in [-0.25, -0.2) is 0 Å². The van der Waals surface area contributed by atoms with Gasteiger partial charge in [0.1, 0.15) is 5.75 Å². The van der Waals surface area contributed by atoms with Gasteiger partial charge in [-0.15, -0.1) is 0 Å². The normalized spacial score (nSPS) is 11.6. The Labute approximate surface area is 137 Å². The minimum Gasteiger partial charge on any atom is -0.546 e. The highest BCUT2D eigenvalue weighted by Gasteiger charge is 2.22. The Morgan fingerprint density at radius 2 is 1.90 bits per heavy atom. The summed E-state index contributed by atoms with van der Waals surface area (Å²) < 4.78 is 11.8. The fourth-order valence-corrected chi connectivity index (χ4v) is 4.06. The standard InChI is InChI=1S/C16H25BrO3Si/c1-16(2,3)12-9-7-11(8-10-13(18)19-4)15(14(12)17)20-21(5)6/h7,9,21H,8,10H2,1-6H3. The van der Waals surface area contributed by atoms with Crippen molar-refractivity contribution in [1.29, 1.82) is 0 Å². The van der Waals surface area contributed by atoms with Crippen LogP contribution < -0.4 is 4.43 Å². The van der Waals surface area contributed by atoms with E-state index in [1.807, 2.05) is 0 Å². The molecule has 0 unspecified atom stereocenters. The van der Waals surface area contributed by atoms with Crippen LogP contribution in [0.2, 0.25) is 13.1 Å². The van der Waals surface area contributed by atoms with E-state index in [0.717, 1.165) is 15.8 Å². The Morgan fingerprint density at radius 3 is 2.38 bits per heavy atom. The maximum Gasteiger partial charge on any atom is 0.305 e. The molecule has 0 spiro atoms. The number of esters is 1. The van der Waals surface area contributed by atoms with Crippen LogP contribution in [0.15, 0.2) is 16.6 Å². The van der Waals surface area contributed by atoms with Gasteiger partial charge in [0.15, 0.2) is 0 Å². The summed E-state index contributed by atoms with van der Waals surface area (Å²) in [7, 11) is 0.185. The number of ether oxygens (including phenoxy) is 1. The number of hydrogen-bond donors (Lipinski definition) is 0. The van der Waals surface area contributed by atoms with Gasteiger partial charge in [-0.05, 0) is 52.0 Å². The molecule has 3 nitrogen and oxygen atoms in total. The first kappa shape index (κ1) is 18.2. The SMILES string of the molecule is COC(=O)CCc1ccc(C(C)(C)C)c(Br)c1O[SiH](C)C. The second kappa shape index (κ2) is 7.45. The number of hydrogen-bond acceptors (Lipinski definition) is 3. The maximum absolute atomic E-state index is 11.4. The van der Waals surface area contributed by atoms with Crippen molar-refractivity contribution in [3.63, 3.8) is 0 Å². The van der Waals surface area contributed by atoms with Crippen LogP contribution in [0.25, 0.3) is 0 Å². The van der Waals surface area contributed by atoms with E-state index in [-0.39, 0.29) is 11.4 Å². The van der Waals surface area contributed by atoms with E-state index >= 15 is 0 Å². The summed E-state index contributed by atoms with van der Waals surface area (Å²) in [6, 6.07) is 4.19. The van der Waals surface area contributed by atoms with Crippen molar-refractivity contribution >= 4 is 30.9 Å². The number of halogens is 1. The molecular formula is C16H25BrO3Si. The molecule has 0 fully saturated rings. The van der Waals surface area contributed by atoms with Crippen molar-refractivity contribution < 1.29 is 14.0 Å². The summed E-state index contributed by atoms with van der Waals surface area (Å²) in [5, 5.41) is 0. The maximum atomic E-state index is 11.4. The van der Waals surface area contributed by atoms with Crippen LogP contribution >= 0.6 is 15.9 Å². The Balaban J connectivity index is 3.18. The van der Waals surface area contributed by atoms with Crippen LogP contribution in [0.1, 0.15) is 38.3 Å².